The first-order valence-corrected chi connectivity index (χ1v) is 7.72. The summed E-state index contributed by atoms with van der Waals surface area (Å²) in [6.45, 7) is 0.838. The normalized spacial score (nSPS) is 12.3. The maximum atomic E-state index is 13.3. The number of benzene rings is 2. The van der Waals surface area contributed by atoms with Crippen molar-refractivity contribution in [2.24, 2.45) is 0 Å². The van der Waals surface area contributed by atoms with Crippen molar-refractivity contribution in [2.45, 2.75) is 12.3 Å². The molecule has 0 bridgehead atoms. The molecule has 0 fully saturated rings. The Balaban J connectivity index is 1.81. The van der Waals surface area contributed by atoms with E-state index in [2.05, 4.69) is 22.4 Å². The van der Waals surface area contributed by atoms with E-state index in [1.54, 1.807) is 12.3 Å². The minimum absolute atomic E-state index is 0.142. The van der Waals surface area contributed by atoms with Gasteiger partial charge in [0.05, 0.1) is 5.52 Å². The minimum atomic E-state index is -0.287. The molecule has 1 atom stereocenters. The fourth-order valence-electron chi connectivity index (χ4n) is 2.78. The molecule has 0 aliphatic carbocycles. The van der Waals surface area contributed by atoms with E-state index < -0.39 is 0 Å². The van der Waals surface area contributed by atoms with Gasteiger partial charge in [0.2, 0.25) is 0 Å². The highest BCUT2D eigenvalue weighted by molar-refractivity contribution is 5.90. The predicted octanol–water partition coefficient (Wildman–Crippen LogP) is 3.95. The average molecular weight is 310 g/mol. The second-order valence-corrected chi connectivity index (χ2v) is 5.52. The molecule has 3 nitrogen and oxygen atoms in total. The molecule has 0 aliphatic heterocycles. The van der Waals surface area contributed by atoms with Gasteiger partial charge in [-0.15, -0.1) is 0 Å². The monoisotopic (exact) mass is 310 g/mol. The maximum Gasteiger partial charge on any atom is 0.125 e. The Morgan fingerprint density at radius 3 is 2.70 bits per heavy atom. The number of fused-ring (bicyclic) bond motifs is 1. The lowest BCUT2D eigenvalue weighted by Gasteiger charge is -2.18. The lowest BCUT2D eigenvalue weighted by Crippen LogP contribution is -2.14. The summed E-state index contributed by atoms with van der Waals surface area (Å²) in [5, 5.41) is 13.6. The Bertz CT molecular complexity index is 777. The van der Waals surface area contributed by atoms with E-state index in [1.807, 2.05) is 24.3 Å². The molecule has 0 saturated carbocycles. The van der Waals surface area contributed by atoms with Gasteiger partial charge in [0.15, 0.2) is 0 Å². The molecule has 4 heteroatoms. The molecule has 2 aromatic carbocycles. The number of anilines is 1. The molecule has 3 rings (SSSR count). The van der Waals surface area contributed by atoms with Crippen LogP contribution in [0.25, 0.3) is 10.9 Å². The number of aromatic nitrogens is 1. The summed E-state index contributed by atoms with van der Waals surface area (Å²) in [5.41, 5.74) is 2.75. The summed E-state index contributed by atoms with van der Waals surface area (Å²) in [4.78, 5) is 4.20. The van der Waals surface area contributed by atoms with Gasteiger partial charge in [0.1, 0.15) is 5.82 Å². The summed E-state index contributed by atoms with van der Waals surface area (Å²) < 4.78 is 13.3. The van der Waals surface area contributed by atoms with Gasteiger partial charge in [0, 0.05) is 42.4 Å². The highest BCUT2D eigenvalue weighted by atomic mass is 19.1. The van der Waals surface area contributed by atoms with E-state index in [9.17, 15) is 9.50 Å². The number of aliphatic hydroxyl groups excluding tert-OH is 1. The number of nitrogens with zero attached hydrogens (tertiary/aromatic N) is 1. The number of halogens is 1. The number of aliphatic hydroxyl groups is 1. The van der Waals surface area contributed by atoms with Crippen LogP contribution >= 0.6 is 0 Å². The summed E-state index contributed by atoms with van der Waals surface area (Å²) in [6.07, 6.45) is 2.36. The first kappa shape index (κ1) is 15.4. The second kappa shape index (κ2) is 7.20. The zero-order valence-electron chi connectivity index (χ0n) is 12.7. The zero-order valence-corrected chi connectivity index (χ0v) is 12.7. The third kappa shape index (κ3) is 3.66. The molecule has 1 unspecified atom stereocenters. The fourth-order valence-corrected chi connectivity index (χ4v) is 2.78. The van der Waals surface area contributed by atoms with Gasteiger partial charge >= 0.3 is 0 Å². The lowest BCUT2D eigenvalue weighted by atomic mass is 9.96. The number of rotatable bonds is 6. The van der Waals surface area contributed by atoms with Gasteiger partial charge in [-0.3, -0.25) is 4.98 Å². The molecule has 2 N–H and O–H groups in total. The van der Waals surface area contributed by atoms with Crippen LogP contribution in [0.4, 0.5) is 10.1 Å². The minimum Gasteiger partial charge on any atom is -0.396 e. The molecule has 3 aromatic rings. The molecular formula is C19H19FN2O. The fraction of sp³-hybridized carbons (Fsp3) is 0.211. The van der Waals surface area contributed by atoms with Gasteiger partial charge < -0.3 is 10.4 Å². The van der Waals surface area contributed by atoms with Crippen LogP contribution in [0.3, 0.4) is 0 Å². The molecular weight excluding hydrogens is 291 g/mol. The van der Waals surface area contributed by atoms with Crippen LogP contribution in [0.5, 0.6) is 0 Å². The van der Waals surface area contributed by atoms with E-state index >= 15 is 0 Å². The van der Waals surface area contributed by atoms with Crippen LogP contribution in [-0.4, -0.2) is 23.2 Å². The van der Waals surface area contributed by atoms with Crippen molar-refractivity contribution >= 4 is 16.6 Å². The van der Waals surface area contributed by atoms with Crippen molar-refractivity contribution in [1.82, 2.24) is 4.98 Å². The van der Waals surface area contributed by atoms with Crippen molar-refractivity contribution in [3.05, 3.63) is 72.2 Å². The highest BCUT2D eigenvalue weighted by Gasteiger charge is 2.11. The van der Waals surface area contributed by atoms with E-state index in [-0.39, 0.29) is 18.3 Å². The van der Waals surface area contributed by atoms with Crippen molar-refractivity contribution in [3.8, 4) is 0 Å². The molecule has 0 amide bonds. The van der Waals surface area contributed by atoms with E-state index in [4.69, 9.17) is 0 Å². The molecule has 0 aliphatic rings. The van der Waals surface area contributed by atoms with Crippen molar-refractivity contribution in [1.29, 1.82) is 0 Å². The molecule has 0 spiro atoms. The average Bonchev–Trinajstić information content (AvgIpc) is 2.59. The Morgan fingerprint density at radius 2 is 1.91 bits per heavy atom. The number of hydrogen-bond acceptors (Lipinski definition) is 3. The van der Waals surface area contributed by atoms with Gasteiger partial charge in [0.25, 0.3) is 0 Å². The standard InChI is InChI=1S/C19H19FN2O/c20-16-6-7-17-18(8-10-21-19(17)12-16)22-13-15(9-11-23)14-4-2-1-3-5-14/h1-8,10,12,15,23H,9,11,13H2,(H,21,22). The molecule has 23 heavy (non-hydrogen) atoms. The van der Waals surface area contributed by atoms with E-state index in [1.165, 1.54) is 17.7 Å². The Kier molecular flexibility index (Phi) is 4.83. The smallest absolute Gasteiger partial charge is 0.125 e. The Hall–Kier alpha value is -2.46. The van der Waals surface area contributed by atoms with Crippen LogP contribution < -0.4 is 5.32 Å². The third-order valence-corrected chi connectivity index (χ3v) is 3.99. The number of pyridine rings is 1. The van der Waals surface area contributed by atoms with Crippen LogP contribution in [0.15, 0.2) is 60.8 Å². The molecule has 1 aromatic heterocycles. The zero-order chi connectivity index (χ0) is 16.1. The van der Waals surface area contributed by atoms with Crippen molar-refractivity contribution < 1.29 is 9.50 Å². The van der Waals surface area contributed by atoms with Crippen LogP contribution in [0.1, 0.15) is 17.9 Å². The highest BCUT2D eigenvalue weighted by Crippen LogP contribution is 2.25. The number of hydrogen-bond donors (Lipinski definition) is 2. The quantitative estimate of drug-likeness (QED) is 0.724. The van der Waals surface area contributed by atoms with E-state index in [0.29, 0.717) is 18.5 Å². The molecule has 118 valence electrons. The molecule has 0 saturated heterocycles. The molecule has 0 radical (unpaired) electrons. The largest absolute Gasteiger partial charge is 0.396 e. The van der Waals surface area contributed by atoms with Crippen LogP contribution in [0.2, 0.25) is 0 Å². The summed E-state index contributed by atoms with van der Waals surface area (Å²) in [5.74, 6) is -0.0746. The first-order valence-electron chi connectivity index (χ1n) is 7.72. The summed E-state index contributed by atoms with van der Waals surface area (Å²) in [7, 11) is 0. The summed E-state index contributed by atoms with van der Waals surface area (Å²) in [6, 6.07) is 16.6. The Morgan fingerprint density at radius 1 is 1.09 bits per heavy atom. The SMILES string of the molecule is OCCC(CNc1ccnc2cc(F)ccc12)c1ccccc1. The van der Waals surface area contributed by atoms with Crippen LogP contribution in [0, 0.1) is 5.82 Å². The topological polar surface area (TPSA) is 45.1 Å². The predicted molar refractivity (Wildman–Crippen MR) is 91.1 cm³/mol. The van der Waals surface area contributed by atoms with Gasteiger partial charge in [-0.25, -0.2) is 4.39 Å². The van der Waals surface area contributed by atoms with Crippen molar-refractivity contribution in [2.75, 3.05) is 18.5 Å². The molecule has 1 heterocycles. The van der Waals surface area contributed by atoms with E-state index in [0.717, 1.165) is 11.1 Å². The third-order valence-electron chi connectivity index (χ3n) is 3.99. The van der Waals surface area contributed by atoms with Gasteiger partial charge in [-0.05, 0) is 30.2 Å². The second-order valence-electron chi connectivity index (χ2n) is 5.52. The maximum absolute atomic E-state index is 13.3. The first-order chi connectivity index (χ1) is 11.3. The summed E-state index contributed by atoms with van der Waals surface area (Å²) >= 11 is 0. The number of nitrogens with one attached hydrogen (secondary N) is 1. The van der Waals surface area contributed by atoms with Crippen LogP contribution in [-0.2, 0) is 0 Å². The lowest BCUT2D eigenvalue weighted by molar-refractivity contribution is 0.277. The Labute approximate surface area is 134 Å². The van der Waals surface area contributed by atoms with Gasteiger partial charge in [-0.1, -0.05) is 30.3 Å². The van der Waals surface area contributed by atoms with Gasteiger partial charge in [-0.2, -0.15) is 0 Å². The van der Waals surface area contributed by atoms with Crippen molar-refractivity contribution in [3.63, 3.8) is 0 Å².